The summed E-state index contributed by atoms with van der Waals surface area (Å²) in [5.41, 5.74) is -0.754. The Bertz CT molecular complexity index is 678. The van der Waals surface area contributed by atoms with Crippen LogP contribution in [0.25, 0.3) is 10.8 Å². The largest absolute Gasteiger partial charge is 0.480 e. The molecule has 0 spiro atoms. The van der Waals surface area contributed by atoms with E-state index in [4.69, 9.17) is 4.42 Å². The molecule has 0 fully saturated rings. The molecule has 22 heavy (non-hydrogen) atoms. The predicted molar refractivity (Wildman–Crippen MR) is 82.7 cm³/mol. The van der Waals surface area contributed by atoms with Gasteiger partial charge in [-0.3, -0.25) is 4.79 Å². The van der Waals surface area contributed by atoms with Gasteiger partial charge in [0.15, 0.2) is 0 Å². The number of carboxylic acid groups (broad SMARTS) is 1. The van der Waals surface area contributed by atoms with E-state index in [9.17, 15) is 14.7 Å². The molecule has 0 saturated carbocycles. The minimum absolute atomic E-state index is 0.0103. The molecule has 0 aliphatic carbocycles. The van der Waals surface area contributed by atoms with Crippen molar-refractivity contribution in [1.29, 1.82) is 0 Å². The first-order valence-electron chi connectivity index (χ1n) is 6.90. The molecule has 118 valence electrons. The third-order valence-corrected chi connectivity index (χ3v) is 4.40. The number of nitrogens with zero attached hydrogens (tertiary/aromatic N) is 1. The summed E-state index contributed by atoms with van der Waals surface area (Å²) in [5, 5.41) is 13.6. The van der Waals surface area contributed by atoms with Crippen LogP contribution in [-0.4, -0.2) is 27.5 Å². The molecule has 0 aromatic carbocycles. The molecule has 1 atom stereocenters. The maximum absolute atomic E-state index is 12.1. The summed E-state index contributed by atoms with van der Waals surface area (Å²) in [7, 11) is 0. The average Bonchev–Trinajstić information content (AvgIpc) is 3.09. The summed E-state index contributed by atoms with van der Waals surface area (Å²) in [6.07, 6.45) is 0.288. The minimum Gasteiger partial charge on any atom is -0.480 e. The van der Waals surface area contributed by atoms with Crippen LogP contribution in [0.5, 0.6) is 0 Å². The zero-order valence-electron chi connectivity index (χ0n) is 12.7. The highest BCUT2D eigenvalue weighted by Crippen LogP contribution is 2.26. The van der Waals surface area contributed by atoms with Crippen LogP contribution < -0.4 is 5.32 Å². The van der Waals surface area contributed by atoms with Crippen LogP contribution in [0.15, 0.2) is 21.9 Å². The van der Waals surface area contributed by atoms with Gasteiger partial charge in [0.2, 0.25) is 11.8 Å². The first-order chi connectivity index (χ1) is 10.4. The van der Waals surface area contributed by atoms with E-state index in [1.807, 2.05) is 17.5 Å². The maximum atomic E-state index is 12.1. The van der Waals surface area contributed by atoms with Gasteiger partial charge >= 0.3 is 5.97 Å². The Morgan fingerprint density at radius 1 is 1.50 bits per heavy atom. The first-order valence-corrected chi connectivity index (χ1v) is 7.78. The summed E-state index contributed by atoms with van der Waals surface area (Å²) in [5.74, 6) is -0.403. The van der Waals surface area contributed by atoms with Crippen LogP contribution in [0.2, 0.25) is 0 Å². The van der Waals surface area contributed by atoms with Gasteiger partial charge in [-0.1, -0.05) is 13.0 Å². The standard InChI is InChI=1S/C15H18N2O4S/c1-4-15(3,14(19)20)17-12(18)8-10-9(2)21-13(16-10)11-6-5-7-22-11/h5-7H,4,8H2,1-3H3,(H,17,18)(H,19,20). The Kier molecular flexibility index (Phi) is 4.65. The summed E-state index contributed by atoms with van der Waals surface area (Å²) in [6, 6.07) is 3.78. The van der Waals surface area contributed by atoms with Gasteiger partial charge in [0.25, 0.3) is 0 Å². The van der Waals surface area contributed by atoms with Crippen molar-refractivity contribution in [3.63, 3.8) is 0 Å². The number of oxazole rings is 1. The fourth-order valence-corrected chi connectivity index (χ4v) is 2.54. The molecule has 0 aliphatic heterocycles. The van der Waals surface area contributed by atoms with Crippen molar-refractivity contribution in [2.75, 3.05) is 0 Å². The second-order valence-electron chi connectivity index (χ2n) is 5.21. The van der Waals surface area contributed by atoms with Crippen LogP contribution in [-0.2, 0) is 16.0 Å². The maximum Gasteiger partial charge on any atom is 0.329 e. The highest BCUT2D eigenvalue weighted by Gasteiger charge is 2.33. The van der Waals surface area contributed by atoms with E-state index < -0.39 is 11.5 Å². The second kappa shape index (κ2) is 6.31. The lowest BCUT2D eigenvalue weighted by Crippen LogP contribution is -2.52. The van der Waals surface area contributed by atoms with Crippen LogP contribution in [0.1, 0.15) is 31.7 Å². The predicted octanol–water partition coefficient (Wildman–Crippen LogP) is 2.62. The molecular formula is C15H18N2O4S. The van der Waals surface area contributed by atoms with Gasteiger partial charge in [0.1, 0.15) is 11.3 Å². The van der Waals surface area contributed by atoms with Crippen molar-refractivity contribution in [3.05, 3.63) is 29.0 Å². The Balaban J connectivity index is 2.11. The summed E-state index contributed by atoms with van der Waals surface area (Å²) >= 11 is 1.50. The molecular weight excluding hydrogens is 304 g/mol. The molecule has 7 heteroatoms. The fourth-order valence-electron chi connectivity index (χ4n) is 1.89. The number of carbonyl (C=O) groups excluding carboxylic acids is 1. The van der Waals surface area contributed by atoms with E-state index in [0.717, 1.165) is 4.88 Å². The molecule has 2 heterocycles. The highest BCUT2D eigenvalue weighted by atomic mass is 32.1. The highest BCUT2D eigenvalue weighted by molar-refractivity contribution is 7.13. The van der Waals surface area contributed by atoms with Gasteiger partial charge in [-0.15, -0.1) is 11.3 Å². The molecule has 6 nitrogen and oxygen atoms in total. The zero-order valence-corrected chi connectivity index (χ0v) is 13.5. The van der Waals surface area contributed by atoms with E-state index in [-0.39, 0.29) is 12.3 Å². The Hall–Kier alpha value is -2.15. The van der Waals surface area contributed by atoms with Crippen molar-refractivity contribution >= 4 is 23.2 Å². The van der Waals surface area contributed by atoms with Crippen molar-refractivity contribution in [2.45, 2.75) is 39.2 Å². The van der Waals surface area contributed by atoms with E-state index >= 15 is 0 Å². The molecule has 2 rings (SSSR count). The van der Waals surface area contributed by atoms with Gasteiger partial charge in [-0.2, -0.15) is 0 Å². The molecule has 1 unspecified atom stereocenters. The minimum atomic E-state index is -1.27. The molecule has 0 saturated heterocycles. The lowest BCUT2D eigenvalue weighted by atomic mass is 9.99. The number of thiophene rings is 1. The Morgan fingerprint density at radius 3 is 2.77 bits per heavy atom. The fraction of sp³-hybridized carbons (Fsp3) is 0.400. The molecule has 2 aromatic heterocycles. The van der Waals surface area contributed by atoms with Gasteiger partial charge in [-0.05, 0) is 31.7 Å². The lowest BCUT2D eigenvalue weighted by Gasteiger charge is -2.24. The van der Waals surface area contributed by atoms with Gasteiger partial charge < -0.3 is 14.8 Å². The number of hydrogen-bond donors (Lipinski definition) is 2. The molecule has 2 aromatic rings. The van der Waals surface area contributed by atoms with Gasteiger partial charge in [0, 0.05) is 0 Å². The normalized spacial score (nSPS) is 13.6. The molecule has 1 amide bonds. The third kappa shape index (κ3) is 3.36. The molecule has 0 aliphatic rings. The molecule has 2 N–H and O–H groups in total. The van der Waals surface area contributed by atoms with Crippen molar-refractivity contribution in [1.82, 2.24) is 10.3 Å². The van der Waals surface area contributed by atoms with Crippen molar-refractivity contribution in [3.8, 4) is 10.8 Å². The van der Waals surface area contributed by atoms with E-state index in [2.05, 4.69) is 10.3 Å². The van der Waals surface area contributed by atoms with Crippen LogP contribution in [0, 0.1) is 6.92 Å². The quantitative estimate of drug-likeness (QED) is 0.853. The Morgan fingerprint density at radius 2 is 2.23 bits per heavy atom. The van der Waals surface area contributed by atoms with Crippen LogP contribution >= 0.6 is 11.3 Å². The third-order valence-electron chi connectivity index (χ3n) is 3.55. The number of amides is 1. The smallest absolute Gasteiger partial charge is 0.329 e. The number of aliphatic carboxylic acids is 1. The summed E-state index contributed by atoms with van der Waals surface area (Å²) in [6.45, 7) is 4.94. The number of aryl methyl sites for hydroxylation is 1. The first kappa shape index (κ1) is 16.2. The van der Waals surface area contributed by atoms with E-state index in [1.54, 1.807) is 13.8 Å². The molecule has 0 radical (unpaired) electrons. The van der Waals surface area contributed by atoms with E-state index in [0.29, 0.717) is 23.8 Å². The number of nitrogens with one attached hydrogen (secondary N) is 1. The van der Waals surface area contributed by atoms with Crippen LogP contribution in [0.3, 0.4) is 0 Å². The number of carbonyl (C=O) groups is 2. The van der Waals surface area contributed by atoms with Gasteiger partial charge in [-0.25, -0.2) is 9.78 Å². The summed E-state index contributed by atoms with van der Waals surface area (Å²) < 4.78 is 5.57. The zero-order chi connectivity index (χ0) is 16.3. The van der Waals surface area contributed by atoms with Crippen molar-refractivity contribution in [2.24, 2.45) is 0 Å². The molecule has 0 bridgehead atoms. The van der Waals surface area contributed by atoms with E-state index in [1.165, 1.54) is 18.3 Å². The Labute approximate surface area is 132 Å². The summed E-state index contributed by atoms with van der Waals surface area (Å²) in [4.78, 5) is 28.5. The van der Waals surface area contributed by atoms with Crippen LogP contribution in [0.4, 0.5) is 0 Å². The van der Waals surface area contributed by atoms with Crippen molar-refractivity contribution < 1.29 is 19.1 Å². The number of hydrogen-bond acceptors (Lipinski definition) is 5. The lowest BCUT2D eigenvalue weighted by molar-refractivity contribution is -0.146. The average molecular weight is 322 g/mol. The number of rotatable bonds is 6. The second-order valence-corrected chi connectivity index (χ2v) is 6.16. The number of aromatic nitrogens is 1. The monoisotopic (exact) mass is 322 g/mol. The number of carboxylic acids is 1. The van der Waals surface area contributed by atoms with Gasteiger partial charge in [0.05, 0.1) is 17.0 Å². The topological polar surface area (TPSA) is 92.4 Å². The SMILES string of the molecule is CCC(C)(NC(=O)Cc1nc(-c2cccs2)oc1C)C(=O)O.